The number of piperidine rings is 1. The van der Waals surface area contributed by atoms with Gasteiger partial charge in [0.15, 0.2) is 5.72 Å². The molecule has 1 N–H and O–H groups in total. The molecular weight excluding hydrogens is 311 g/mol. The maximum absolute atomic E-state index is 12.5. The Morgan fingerprint density at radius 2 is 2.17 bits per heavy atom. The fourth-order valence-corrected chi connectivity index (χ4v) is 3.36. The number of ether oxygens (including phenoxy) is 2. The molecule has 0 amide bonds. The van der Waals surface area contributed by atoms with Crippen molar-refractivity contribution in [2.45, 2.75) is 56.7 Å². The van der Waals surface area contributed by atoms with Crippen LogP contribution >= 0.6 is 0 Å². The Morgan fingerprint density at radius 1 is 1.39 bits per heavy atom. The summed E-state index contributed by atoms with van der Waals surface area (Å²) in [7, 11) is 0. The number of carbonyl (C=O) groups excluding carboxylic acids is 1. The van der Waals surface area contributed by atoms with Crippen molar-refractivity contribution in [1.29, 1.82) is 0 Å². The van der Waals surface area contributed by atoms with Gasteiger partial charge < -0.3 is 9.47 Å². The molecule has 1 aromatic rings. The van der Waals surface area contributed by atoms with Gasteiger partial charge in [-0.2, -0.15) is 13.2 Å². The van der Waals surface area contributed by atoms with E-state index in [1.54, 1.807) is 0 Å². The van der Waals surface area contributed by atoms with E-state index in [1.807, 2.05) is 31.2 Å². The highest BCUT2D eigenvalue weighted by Gasteiger charge is 2.53. The molecule has 0 aliphatic carbocycles. The average molecular weight is 329 g/mol. The highest BCUT2D eigenvalue weighted by atomic mass is 19.4. The lowest BCUT2D eigenvalue weighted by molar-refractivity contribution is -0.219. The summed E-state index contributed by atoms with van der Waals surface area (Å²) in [6.07, 6.45) is -3.35. The van der Waals surface area contributed by atoms with Crippen LogP contribution in [-0.4, -0.2) is 30.0 Å². The van der Waals surface area contributed by atoms with E-state index in [9.17, 15) is 18.0 Å². The van der Waals surface area contributed by atoms with Crippen LogP contribution in [0.3, 0.4) is 0 Å². The lowest BCUT2D eigenvalue weighted by Crippen LogP contribution is -2.56. The fourth-order valence-electron chi connectivity index (χ4n) is 3.36. The molecule has 2 saturated heterocycles. The number of halogens is 3. The zero-order valence-corrected chi connectivity index (χ0v) is 12.7. The van der Waals surface area contributed by atoms with E-state index < -0.39 is 17.9 Å². The van der Waals surface area contributed by atoms with Crippen LogP contribution in [0.1, 0.15) is 31.2 Å². The minimum absolute atomic E-state index is 0.000377. The van der Waals surface area contributed by atoms with Crippen LogP contribution in [0.2, 0.25) is 0 Å². The van der Waals surface area contributed by atoms with E-state index in [-0.39, 0.29) is 18.6 Å². The Labute approximate surface area is 132 Å². The number of esters is 1. The van der Waals surface area contributed by atoms with Gasteiger partial charge in [-0.05, 0) is 37.5 Å². The van der Waals surface area contributed by atoms with Gasteiger partial charge in [0.2, 0.25) is 0 Å². The van der Waals surface area contributed by atoms with E-state index >= 15 is 0 Å². The molecule has 0 spiro atoms. The van der Waals surface area contributed by atoms with Crippen LogP contribution in [0.25, 0.3) is 0 Å². The topological polar surface area (TPSA) is 47.6 Å². The highest BCUT2D eigenvalue weighted by Crippen LogP contribution is 2.39. The summed E-state index contributed by atoms with van der Waals surface area (Å²) in [5.41, 5.74) is -0.234. The summed E-state index contributed by atoms with van der Waals surface area (Å²) < 4.78 is 48.1. The number of carbonyl (C=O) groups is 1. The molecule has 1 aromatic carbocycles. The molecule has 0 radical (unpaired) electrons. The van der Waals surface area contributed by atoms with Gasteiger partial charge in [-0.15, -0.1) is 0 Å². The molecule has 2 heterocycles. The standard InChI is InChI=1S/C16H18F3NO3/c1-10-3-2-4-12(7-10)22-13-8-11-5-6-15(9-13,20-11)23-14(21)16(17,18)19/h2-4,7,11,13,20H,5-6,8-9H2,1H3/t11-,13-,15+/m0/s1. The summed E-state index contributed by atoms with van der Waals surface area (Å²) in [6.45, 7) is 1.94. The number of fused-ring (bicyclic) bond motifs is 2. The van der Waals surface area contributed by atoms with Gasteiger partial charge in [0.05, 0.1) is 0 Å². The maximum Gasteiger partial charge on any atom is 0.490 e. The quantitative estimate of drug-likeness (QED) is 0.866. The Bertz CT molecular complexity index is 604. The van der Waals surface area contributed by atoms with E-state index in [4.69, 9.17) is 9.47 Å². The fraction of sp³-hybridized carbons (Fsp3) is 0.562. The lowest BCUT2D eigenvalue weighted by Gasteiger charge is -2.38. The molecule has 23 heavy (non-hydrogen) atoms. The van der Waals surface area contributed by atoms with Crippen molar-refractivity contribution in [2.75, 3.05) is 0 Å². The predicted molar refractivity (Wildman–Crippen MR) is 75.9 cm³/mol. The van der Waals surface area contributed by atoms with Crippen molar-refractivity contribution >= 4 is 5.97 Å². The second-order valence-electron chi connectivity index (χ2n) is 6.26. The molecule has 0 unspecified atom stereocenters. The molecule has 4 nitrogen and oxygen atoms in total. The normalized spacial score (nSPS) is 30.1. The first-order valence-corrected chi connectivity index (χ1v) is 7.57. The third kappa shape index (κ3) is 3.60. The van der Waals surface area contributed by atoms with Crippen molar-refractivity contribution in [3.63, 3.8) is 0 Å². The summed E-state index contributed by atoms with van der Waals surface area (Å²) in [4.78, 5) is 11.2. The molecular formula is C16H18F3NO3. The second kappa shape index (κ2) is 5.70. The van der Waals surface area contributed by atoms with E-state index in [0.29, 0.717) is 25.0 Å². The summed E-state index contributed by atoms with van der Waals surface area (Å²) >= 11 is 0. The monoisotopic (exact) mass is 329 g/mol. The molecule has 126 valence electrons. The minimum atomic E-state index is -4.99. The molecule has 2 aliphatic rings. The third-order valence-corrected chi connectivity index (χ3v) is 4.28. The van der Waals surface area contributed by atoms with Crippen LogP contribution in [0.15, 0.2) is 24.3 Å². The first-order chi connectivity index (χ1) is 10.8. The van der Waals surface area contributed by atoms with Gasteiger partial charge >= 0.3 is 12.1 Å². The molecule has 2 fully saturated rings. The predicted octanol–water partition coefficient (Wildman–Crippen LogP) is 3.09. The number of nitrogens with one attached hydrogen (secondary N) is 1. The average Bonchev–Trinajstić information content (AvgIpc) is 2.73. The van der Waals surface area contributed by atoms with Gasteiger partial charge in [0, 0.05) is 18.9 Å². The Morgan fingerprint density at radius 3 is 2.87 bits per heavy atom. The first-order valence-electron chi connectivity index (χ1n) is 7.57. The zero-order valence-electron chi connectivity index (χ0n) is 12.7. The highest BCUT2D eigenvalue weighted by molar-refractivity contribution is 5.76. The van der Waals surface area contributed by atoms with E-state index in [2.05, 4.69) is 5.32 Å². The summed E-state index contributed by atoms with van der Waals surface area (Å²) in [5, 5.41) is 3.01. The maximum atomic E-state index is 12.5. The van der Waals surface area contributed by atoms with Crippen LogP contribution in [0, 0.1) is 6.92 Å². The molecule has 3 rings (SSSR count). The van der Waals surface area contributed by atoms with Gasteiger partial charge in [0.1, 0.15) is 11.9 Å². The van der Waals surface area contributed by atoms with Crippen LogP contribution in [0.4, 0.5) is 13.2 Å². The van der Waals surface area contributed by atoms with Crippen molar-refractivity contribution in [2.24, 2.45) is 0 Å². The number of alkyl halides is 3. The zero-order chi connectivity index (χ0) is 16.7. The third-order valence-electron chi connectivity index (χ3n) is 4.28. The number of rotatable bonds is 3. The largest absolute Gasteiger partial charge is 0.490 e. The summed E-state index contributed by atoms with van der Waals surface area (Å²) in [6, 6.07) is 7.48. The van der Waals surface area contributed by atoms with Crippen LogP contribution in [-0.2, 0) is 9.53 Å². The van der Waals surface area contributed by atoms with Gasteiger partial charge in [-0.3, -0.25) is 5.32 Å². The molecule has 3 atom stereocenters. The van der Waals surface area contributed by atoms with Crippen molar-refractivity contribution in [3.05, 3.63) is 29.8 Å². The van der Waals surface area contributed by atoms with E-state index in [1.165, 1.54) is 0 Å². The van der Waals surface area contributed by atoms with Gasteiger partial charge in [0.25, 0.3) is 0 Å². The molecule has 0 aromatic heterocycles. The van der Waals surface area contributed by atoms with Crippen LogP contribution in [0.5, 0.6) is 5.75 Å². The van der Waals surface area contributed by atoms with Gasteiger partial charge in [-0.25, -0.2) is 4.79 Å². The summed E-state index contributed by atoms with van der Waals surface area (Å²) in [5.74, 6) is -1.48. The SMILES string of the molecule is Cc1cccc(O[C@H]2C[C@@H]3CC[C@@](OC(=O)C(F)(F)F)(C2)N3)c1. The van der Waals surface area contributed by atoms with Crippen molar-refractivity contribution in [3.8, 4) is 5.75 Å². The van der Waals surface area contributed by atoms with Crippen molar-refractivity contribution < 1.29 is 27.4 Å². The Hall–Kier alpha value is -1.76. The smallest absolute Gasteiger partial charge is 0.490 e. The molecule has 0 saturated carbocycles. The number of benzene rings is 1. The molecule has 2 aliphatic heterocycles. The van der Waals surface area contributed by atoms with Crippen LogP contribution < -0.4 is 10.1 Å². The number of hydrogen-bond acceptors (Lipinski definition) is 4. The Balaban J connectivity index is 1.70. The molecule has 2 bridgehead atoms. The number of aryl methyl sites for hydroxylation is 1. The molecule has 7 heteroatoms. The minimum Gasteiger partial charge on any atom is -0.490 e. The lowest BCUT2D eigenvalue weighted by atomic mass is 9.99. The number of hydrogen-bond donors (Lipinski definition) is 1. The van der Waals surface area contributed by atoms with Gasteiger partial charge in [-0.1, -0.05) is 12.1 Å². The first kappa shape index (κ1) is 16.1. The van der Waals surface area contributed by atoms with Crippen molar-refractivity contribution in [1.82, 2.24) is 5.32 Å². The van der Waals surface area contributed by atoms with E-state index in [0.717, 1.165) is 5.56 Å². The second-order valence-corrected chi connectivity index (χ2v) is 6.26. The Kier molecular flexibility index (Phi) is 4.00.